The van der Waals surface area contributed by atoms with Gasteiger partial charge < -0.3 is 28.9 Å². The Kier molecular flexibility index (Phi) is 12.4. The van der Waals surface area contributed by atoms with E-state index in [1.807, 2.05) is 53.7 Å². The first kappa shape index (κ1) is 30.5. The van der Waals surface area contributed by atoms with Gasteiger partial charge in [-0.25, -0.2) is 14.4 Å². The second-order valence-corrected chi connectivity index (χ2v) is 8.58. The van der Waals surface area contributed by atoms with E-state index in [-0.39, 0.29) is 6.09 Å². The van der Waals surface area contributed by atoms with Crippen molar-refractivity contribution in [2.24, 2.45) is 0 Å². The number of nitrogens with zero attached hydrogens (tertiary/aromatic N) is 3. The molecule has 3 amide bonds. The van der Waals surface area contributed by atoms with E-state index < -0.39 is 12.2 Å². The first-order valence-corrected chi connectivity index (χ1v) is 13.4. The molecule has 0 aromatic heterocycles. The maximum atomic E-state index is 12.5. The summed E-state index contributed by atoms with van der Waals surface area (Å²) in [5.41, 5.74) is 1.90. The highest BCUT2D eigenvalue weighted by molar-refractivity contribution is 5.73. The van der Waals surface area contributed by atoms with Gasteiger partial charge in [0.15, 0.2) is 0 Å². The summed E-state index contributed by atoms with van der Waals surface area (Å²) in [4.78, 5) is 42.0. The molecule has 0 fully saturated rings. The van der Waals surface area contributed by atoms with Gasteiger partial charge in [0.2, 0.25) is 0 Å². The van der Waals surface area contributed by atoms with Crippen LogP contribution in [0, 0.1) is 0 Å². The molecular weight excluding hydrogens is 486 g/mol. The fraction of sp³-hybridized carbons (Fsp3) is 0.483. The zero-order chi connectivity index (χ0) is 28.1. The minimum absolute atomic E-state index is 0.320. The Labute approximate surface area is 226 Å². The van der Waals surface area contributed by atoms with Gasteiger partial charge in [-0.05, 0) is 89.8 Å². The van der Waals surface area contributed by atoms with Crippen molar-refractivity contribution >= 4 is 18.3 Å². The van der Waals surface area contributed by atoms with Gasteiger partial charge in [-0.1, -0.05) is 12.1 Å². The van der Waals surface area contributed by atoms with Crippen molar-refractivity contribution in [3.8, 4) is 17.2 Å². The topological polar surface area (TPSA) is 88.6 Å². The van der Waals surface area contributed by atoms with Crippen molar-refractivity contribution in [1.29, 1.82) is 0 Å². The molecular formula is C29H41N3O6. The first-order chi connectivity index (χ1) is 18.3. The lowest BCUT2D eigenvalue weighted by atomic mass is 10.0. The van der Waals surface area contributed by atoms with E-state index in [0.717, 1.165) is 11.1 Å². The molecule has 0 atom stereocenters. The Balaban J connectivity index is 2.17. The maximum absolute atomic E-state index is 12.5. The van der Waals surface area contributed by atoms with Crippen LogP contribution in [0.1, 0.15) is 52.7 Å². The number of carbonyl (C=O) groups is 3. The SMILES string of the molecule is CCN(CC)C(=O)Oc1ccc(CCc2cc(OC(=O)N(CC)CC)cc(OC(=O)N(CC)CC)c2)cc1. The number of hydrogen-bond acceptors (Lipinski definition) is 6. The van der Waals surface area contributed by atoms with E-state index >= 15 is 0 Å². The number of carbonyl (C=O) groups excluding carboxylic acids is 3. The van der Waals surface area contributed by atoms with Gasteiger partial charge in [-0.15, -0.1) is 0 Å². The summed E-state index contributed by atoms with van der Waals surface area (Å²) in [7, 11) is 0. The van der Waals surface area contributed by atoms with Crippen LogP contribution in [-0.2, 0) is 12.8 Å². The van der Waals surface area contributed by atoms with E-state index in [1.165, 1.54) is 0 Å². The summed E-state index contributed by atoms with van der Waals surface area (Å²) in [6.07, 6.45) is 0.0169. The van der Waals surface area contributed by atoms with Crippen molar-refractivity contribution < 1.29 is 28.6 Å². The van der Waals surface area contributed by atoms with Crippen LogP contribution in [0.2, 0.25) is 0 Å². The summed E-state index contributed by atoms with van der Waals surface area (Å²) in [6, 6.07) is 12.5. The average Bonchev–Trinajstić information content (AvgIpc) is 2.90. The van der Waals surface area contributed by atoms with Crippen LogP contribution in [0.15, 0.2) is 42.5 Å². The van der Waals surface area contributed by atoms with Crippen LogP contribution >= 0.6 is 0 Å². The third-order valence-electron chi connectivity index (χ3n) is 6.25. The van der Waals surface area contributed by atoms with E-state index in [1.54, 1.807) is 45.0 Å². The molecule has 0 aliphatic heterocycles. The Bertz CT molecular complexity index is 1000. The van der Waals surface area contributed by atoms with Gasteiger partial charge in [0.25, 0.3) is 0 Å². The first-order valence-electron chi connectivity index (χ1n) is 13.4. The lowest BCUT2D eigenvalue weighted by molar-refractivity contribution is 0.154. The minimum Gasteiger partial charge on any atom is -0.410 e. The van der Waals surface area contributed by atoms with Gasteiger partial charge in [0.05, 0.1) is 0 Å². The highest BCUT2D eigenvalue weighted by atomic mass is 16.6. The normalized spacial score (nSPS) is 10.5. The standard InChI is InChI=1S/C29H41N3O6/c1-7-30(8-2)27(33)36-24-17-15-22(16-18-24)13-14-23-19-25(37-28(34)31(9-3)10-4)21-26(20-23)38-29(35)32(11-5)12-6/h15-21H,7-14H2,1-6H3. The lowest BCUT2D eigenvalue weighted by Crippen LogP contribution is -2.33. The molecule has 2 aromatic rings. The maximum Gasteiger partial charge on any atom is 0.415 e. The molecule has 0 bridgehead atoms. The molecule has 0 radical (unpaired) electrons. The average molecular weight is 528 g/mol. The molecule has 0 saturated heterocycles. The summed E-state index contributed by atoms with van der Waals surface area (Å²) in [5.74, 6) is 1.13. The predicted octanol–water partition coefficient (Wildman–Crippen LogP) is 5.99. The summed E-state index contributed by atoms with van der Waals surface area (Å²) in [6.45, 7) is 14.6. The summed E-state index contributed by atoms with van der Waals surface area (Å²) in [5, 5.41) is 0. The minimum atomic E-state index is -0.456. The zero-order valence-electron chi connectivity index (χ0n) is 23.5. The number of rotatable bonds is 12. The smallest absolute Gasteiger partial charge is 0.410 e. The number of hydrogen-bond donors (Lipinski definition) is 0. The Morgan fingerprint density at radius 3 is 1.21 bits per heavy atom. The molecule has 0 saturated carbocycles. The number of amides is 3. The Morgan fingerprint density at radius 1 is 0.500 bits per heavy atom. The van der Waals surface area contributed by atoms with Crippen LogP contribution in [0.25, 0.3) is 0 Å². The second kappa shape index (κ2) is 15.5. The fourth-order valence-corrected chi connectivity index (χ4v) is 3.85. The van der Waals surface area contributed by atoms with E-state index in [0.29, 0.717) is 69.4 Å². The summed E-state index contributed by atoms with van der Waals surface area (Å²) < 4.78 is 16.7. The third-order valence-corrected chi connectivity index (χ3v) is 6.25. The largest absolute Gasteiger partial charge is 0.415 e. The summed E-state index contributed by atoms with van der Waals surface area (Å²) >= 11 is 0. The van der Waals surface area contributed by atoms with Gasteiger partial charge in [-0.3, -0.25) is 0 Å². The van der Waals surface area contributed by atoms with E-state index in [9.17, 15) is 14.4 Å². The van der Waals surface area contributed by atoms with Crippen LogP contribution < -0.4 is 14.2 Å². The molecule has 0 heterocycles. The molecule has 9 nitrogen and oxygen atoms in total. The van der Waals surface area contributed by atoms with E-state index in [2.05, 4.69) is 0 Å². The highest BCUT2D eigenvalue weighted by Gasteiger charge is 2.17. The van der Waals surface area contributed by atoms with Crippen LogP contribution in [-0.4, -0.2) is 72.2 Å². The zero-order valence-corrected chi connectivity index (χ0v) is 23.5. The van der Waals surface area contributed by atoms with Gasteiger partial charge in [-0.2, -0.15) is 0 Å². The molecule has 208 valence electrons. The molecule has 0 N–H and O–H groups in total. The van der Waals surface area contributed by atoms with E-state index in [4.69, 9.17) is 14.2 Å². The molecule has 0 unspecified atom stereocenters. The number of ether oxygens (including phenoxy) is 3. The monoisotopic (exact) mass is 527 g/mol. The van der Waals surface area contributed by atoms with Gasteiger partial charge >= 0.3 is 18.3 Å². The molecule has 38 heavy (non-hydrogen) atoms. The van der Waals surface area contributed by atoms with Crippen molar-refractivity contribution in [2.45, 2.75) is 54.4 Å². The van der Waals surface area contributed by atoms with Crippen LogP contribution in [0.5, 0.6) is 17.2 Å². The van der Waals surface area contributed by atoms with Gasteiger partial charge in [0, 0.05) is 45.3 Å². The fourth-order valence-electron chi connectivity index (χ4n) is 3.85. The molecule has 2 rings (SSSR count). The Hall–Kier alpha value is -3.75. The van der Waals surface area contributed by atoms with Crippen molar-refractivity contribution in [2.75, 3.05) is 39.3 Å². The third kappa shape index (κ3) is 8.97. The van der Waals surface area contributed by atoms with Crippen LogP contribution in [0.3, 0.4) is 0 Å². The van der Waals surface area contributed by atoms with Crippen molar-refractivity contribution in [3.05, 3.63) is 53.6 Å². The molecule has 2 aromatic carbocycles. The van der Waals surface area contributed by atoms with Crippen LogP contribution in [0.4, 0.5) is 14.4 Å². The predicted molar refractivity (Wildman–Crippen MR) is 147 cm³/mol. The number of benzene rings is 2. The van der Waals surface area contributed by atoms with Crippen molar-refractivity contribution in [1.82, 2.24) is 14.7 Å². The molecule has 0 aliphatic carbocycles. The van der Waals surface area contributed by atoms with Crippen molar-refractivity contribution in [3.63, 3.8) is 0 Å². The number of aryl methyl sites for hydroxylation is 2. The molecule has 0 spiro atoms. The second-order valence-electron chi connectivity index (χ2n) is 8.58. The quantitative estimate of drug-likeness (QED) is 0.337. The Morgan fingerprint density at radius 2 is 0.842 bits per heavy atom. The lowest BCUT2D eigenvalue weighted by Gasteiger charge is -2.20. The van der Waals surface area contributed by atoms with Gasteiger partial charge in [0.1, 0.15) is 17.2 Å². The molecule has 9 heteroatoms. The molecule has 0 aliphatic rings. The highest BCUT2D eigenvalue weighted by Crippen LogP contribution is 2.26.